The van der Waals surface area contributed by atoms with Gasteiger partial charge < -0.3 is 9.47 Å². The molecule has 1 fully saturated rings. The summed E-state index contributed by atoms with van der Waals surface area (Å²) < 4.78 is 10.2. The van der Waals surface area contributed by atoms with Crippen LogP contribution in [0.5, 0.6) is 5.19 Å². The summed E-state index contributed by atoms with van der Waals surface area (Å²) in [4.78, 5) is 3.96. The molecule has 54 valence electrons. The van der Waals surface area contributed by atoms with Crippen molar-refractivity contribution in [2.45, 2.75) is 6.10 Å². The lowest BCUT2D eigenvalue weighted by atomic mass is 10.5. The second-order valence-corrected chi connectivity index (χ2v) is 2.92. The highest BCUT2D eigenvalue weighted by molar-refractivity contribution is 7.11. The highest BCUT2D eigenvalue weighted by atomic mass is 32.1. The minimum Gasteiger partial charge on any atom is -0.467 e. The van der Waals surface area contributed by atoms with Gasteiger partial charge >= 0.3 is 0 Å². The van der Waals surface area contributed by atoms with Crippen LogP contribution < -0.4 is 4.74 Å². The number of hydrogen-bond donors (Lipinski definition) is 0. The Morgan fingerprint density at radius 1 is 1.90 bits per heavy atom. The van der Waals surface area contributed by atoms with E-state index in [2.05, 4.69) is 4.98 Å². The molecule has 0 bridgehead atoms. The molecule has 0 radical (unpaired) electrons. The van der Waals surface area contributed by atoms with Gasteiger partial charge in [-0.15, -0.1) is 0 Å². The molecule has 1 saturated heterocycles. The third-order valence-electron chi connectivity index (χ3n) is 1.20. The molecule has 10 heavy (non-hydrogen) atoms. The van der Waals surface area contributed by atoms with E-state index >= 15 is 0 Å². The lowest BCUT2D eigenvalue weighted by Gasteiger charge is -1.95. The van der Waals surface area contributed by atoms with Crippen LogP contribution in [0, 0.1) is 0 Å². The van der Waals surface area contributed by atoms with E-state index in [1.165, 1.54) is 11.3 Å². The first kappa shape index (κ1) is 6.12. The Morgan fingerprint density at radius 3 is 3.40 bits per heavy atom. The first-order valence-electron chi connectivity index (χ1n) is 3.09. The van der Waals surface area contributed by atoms with Crippen molar-refractivity contribution in [2.75, 3.05) is 13.2 Å². The Morgan fingerprint density at radius 2 is 2.80 bits per heavy atom. The fourth-order valence-corrected chi connectivity index (χ4v) is 1.11. The minimum absolute atomic E-state index is 0.323. The van der Waals surface area contributed by atoms with Crippen molar-refractivity contribution >= 4 is 11.3 Å². The first-order valence-corrected chi connectivity index (χ1v) is 3.97. The van der Waals surface area contributed by atoms with Crippen molar-refractivity contribution in [2.24, 2.45) is 0 Å². The van der Waals surface area contributed by atoms with E-state index in [0.717, 1.165) is 11.8 Å². The van der Waals surface area contributed by atoms with Gasteiger partial charge in [0.05, 0.1) is 6.61 Å². The van der Waals surface area contributed by atoms with Crippen LogP contribution in [0.15, 0.2) is 11.6 Å². The Bertz CT molecular complexity index is 196. The number of rotatable bonds is 3. The van der Waals surface area contributed by atoms with E-state index < -0.39 is 0 Å². The lowest BCUT2D eigenvalue weighted by molar-refractivity contribution is 0.262. The predicted octanol–water partition coefficient (Wildman–Crippen LogP) is 0.921. The summed E-state index contributed by atoms with van der Waals surface area (Å²) in [5.74, 6) is 0. The number of ether oxygens (including phenoxy) is 2. The van der Waals surface area contributed by atoms with Crippen molar-refractivity contribution < 1.29 is 9.47 Å². The maximum absolute atomic E-state index is 5.25. The second kappa shape index (κ2) is 2.56. The van der Waals surface area contributed by atoms with E-state index in [9.17, 15) is 0 Å². The van der Waals surface area contributed by atoms with E-state index in [4.69, 9.17) is 9.47 Å². The molecule has 2 rings (SSSR count). The van der Waals surface area contributed by atoms with Crippen LogP contribution in [-0.2, 0) is 4.74 Å². The average Bonchev–Trinajstić information content (AvgIpc) is 2.63. The molecule has 1 aliphatic heterocycles. The molecule has 0 N–H and O–H groups in total. The Balaban J connectivity index is 1.79. The molecular formula is C6H7NO2S. The first-order chi connectivity index (χ1) is 4.95. The van der Waals surface area contributed by atoms with Gasteiger partial charge in [0.2, 0.25) is 0 Å². The van der Waals surface area contributed by atoms with Gasteiger partial charge in [-0.25, -0.2) is 4.98 Å². The number of nitrogens with zero attached hydrogens (tertiary/aromatic N) is 1. The van der Waals surface area contributed by atoms with Gasteiger partial charge in [-0.3, -0.25) is 0 Å². The summed E-state index contributed by atoms with van der Waals surface area (Å²) in [6.45, 7) is 1.49. The van der Waals surface area contributed by atoms with Crippen molar-refractivity contribution in [3.63, 3.8) is 0 Å². The van der Waals surface area contributed by atoms with Gasteiger partial charge in [0.25, 0.3) is 5.19 Å². The summed E-state index contributed by atoms with van der Waals surface area (Å²) in [7, 11) is 0. The third kappa shape index (κ3) is 1.46. The molecule has 0 saturated carbocycles. The molecule has 4 heteroatoms. The Labute approximate surface area is 62.6 Å². The quantitative estimate of drug-likeness (QED) is 0.612. The van der Waals surface area contributed by atoms with Gasteiger partial charge in [0.1, 0.15) is 12.7 Å². The summed E-state index contributed by atoms with van der Waals surface area (Å²) >= 11 is 1.50. The monoisotopic (exact) mass is 157 g/mol. The molecule has 1 aromatic rings. The highest BCUT2D eigenvalue weighted by Gasteiger charge is 2.23. The molecule has 3 nitrogen and oxygen atoms in total. The molecule has 1 aliphatic rings. The van der Waals surface area contributed by atoms with Crippen LogP contribution in [0.1, 0.15) is 0 Å². The summed E-state index contributed by atoms with van der Waals surface area (Å²) in [6, 6.07) is 0. The predicted molar refractivity (Wildman–Crippen MR) is 37.3 cm³/mol. The molecule has 0 spiro atoms. The van der Waals surface area contributed by atoms with Gasteiger partial charge in [0, 0.05) is 11.6 Å². The molecule has 2 heterocycles. The Kier molecular flexibility index (Phi) is 1.56. The van der Waals surface area contributed by atoms with E-state index in [0.29, 0.717) is 12.7 Å². The Hall–Kier alpha value is -0.610. The van der Waals surface area contributed by atoms with Crippen LogP contribution in [0.25, 0.3) is 0 Å². The lowest BCUT2D eigenvalue weighted by Crippen LogP contribution is -2.03. The molecular weight excluding hydrogens is 150 g/mol. The van der Waals surface area contributed by atoms with Crippen molar-refractivity contribution in [1.29, 1.82) is 0 Å². The van der Waals surface area contributed by atoms with E-state index in [-0.39, 0.29) is 0 Å². The maximum atomic E-state index is 5.25. The standard InChI is InChI=1S/C6H7NO2S/c1-2-10-6(7-1)9-4-5-3-8-5/h1-2,5H,3-4H2. The minimum atomic E-state index is 0.323. The molecule has 0 aromatic carbocycles. The summed E-state index contributed by atoms with van der Waals surface area (Å²) in [5, 5.41) is 2.62. The maximum Gasteiger partial charge on any atom is 0.273 e. The zero-order valence-electron chi connectivity index (χ0n) is 5.32. The van der Waals surface area contributed by atoms with Crippen LogP contribution in [0.3, 0.4) is 0 Å². The highest BCUT2D eigenvalue weighted by Crippen LogP contribution is 2.16. The largest absolute Gasteiger partial charge is 0.467 e. The van der Waals surface area contributed by atoms with Crippen LogP contribution in [-0.4, -0.2) is 24.3 Å². The van der Waals surface area contributed by atoms with Gasteiger partial charge in [0.15, 0.2) is 0 Å². The third-order valence-corrected chi connectivity index (χ3v) is 1.89. The fraction of sp³-hybridized carbons (Fsp3) is 0.500. The van der Waals surface area contributed by atoms with Gasteiger partial charge in [-0.05, 0) is 0 Å². The van der Waals surface area contributed by atoms with Gasteiger partial charge in [-0.2, -0.15) is 0 Å². The van der Waals surface area contributed by atoms with Crippen molar-refractivity contribution in [3.8, 4) is 5.19 Å². The smallest absolute Gasteiger partial charge is 0.273 e. The van der Waals surface area contributed by atoms with Crippen molar-refractivity contribution in [3.05, 3.63) is 11.6 Å². The van der Waals surface area contributed by atoms with Crippen LogP contribution in [0.4, 0.5) is 0 Å². The zero-order valence-corrected chi connectivity index (χ0v) is 6.13. The summed E-state index contributed by atoms with van der Waals surface area (Å²) in [6.07, 6.45) is 2.05. The topological polar surface area (TPSA) is 34.6 Å². The number of epoxide rings is 1. The zero-order chi connectivity index (χ0) is 6.81. The number of thiazole rings is 1. The molecule has 1 unspecified atom stereocenters. The van der Waals surface area contributed by atoms with Crippen molar-refractivity contribution in [1.82, 2.24) is 4.98 Å². The molecule has 1 aromatic heterocycles. The average molecular weight is 157 g/mol. The number of hydrogen-bond acceptors (Lipinski definition) is 4. The van der Waals surface area contributed by atoms with E-state index in [1.54, 1.807) is 6.20 Å². The van der Waals surface area contributed by atoms with Gasteiger partial charge in [-0.1, -0.05) is 11.3 Å². The van der Waals surface area contributed by atoms with Crippen LogP contribution in [0.2, 0.25) is 0 Å². The summed E-state index contributed by atoms with van der Waals surface area (Å²) in [5.41, 5.74) is 0. The molecule has 1 atom stereocenters. The number of aromatic nitrogens is 1. The van der Waals surface area contributed by atoms with E-state index in [1.807, 2.05) is 5.38 Å². The molecule has 0 amide bonds. The second-order valence-electron chi connectivity index (χ2n) is 2.06. The SMILES string of the molecule is c1csc(OCC2CO2)n1. The normalized spacial score (nSPS) is 22.6. The molecule has 0 aliphatic carbocycles. The fourth-order valence-electron chi connectivity index (χ4n) is 0.610. The van der Waals surface area contributed by atoms with Crippen LogP contribution >= 0.6 is 11.3 Å².